The molecule has 2 heterocycles. The number of carbonyl (C=O) groups is 1. The van der Waals surface area contributed by atoms with Crippen LogP contribution in [0, 0.1) is 94.7 Å². The highest BCUT2D eigenvalue weighted by molar-refractivity contribution is 5.82. The van der Waals surface area contributed by atoms with Crippen LogP contribution < -0.4 is 0 Å². The second-order valence-electron chi connectivity index (χ2n) is 22.9. The van der Waals surface area contributed by atoms with Gasteiger partial charge in [-0.1, -0.05) is 158 Å². The summed E-state index contributed by atoms with van der Waals surface area (Å²) >= 11 is 0. The second-order valence-corrected chi connectivity index (χ2v) is 22.9. The molecule has 2 saturated heterocycles. The molecule has 5 nitrogen and oxygen atoms in total. The number of Topliss-reactive ketones (excluding diaryl/α,β-unsaturated/α-hetero) is 1. The van der Waals surface area contributed by atoms with E-state index in [2.05, 4.69) is 138 Å². The van der Waals surface area contributed by atoms with Crippen molar-refractivity contribution >= 4 is 5.78 Å². The number of ether oxygens (including phenoxy) is 4. The summed E-state index contributed by atoms with van der Waals surface area (Å²) in [6.45, 7) is 47.4. The Hall–Kier alpha value is -0.490. The number of rotatable bonds is 10. The number of hydrogen-bond donors (Lipinski definition) is 0. The van der Waals surface area contributed by atoms with Crippen molar-refractivity contribution in [1.29, 1.82) is 0 Å². The van der Waals surface area contributed by atoms with Gasteiger partial charge in [-0.05, 0) is 127 Å². The van der Waals surface area contributed by atoms with Crippen molar-refractivity contribution in [3.63, 3.8) is 0 Å². The zero-order valence-electron chi connectivity index (χ0n) is 43.3. The fourth-order valence-electron chi connectivity index (χ4n) is 11.5. The largest absolute Gasteiger partial charge is 0.373 e. The lowest BCUT2D eigenvalue weighted by atomic mass is 9.68. The van der Waals surface area contributed by atoms with Gasteiger partial charge in [0.25, 0.3) is 0 Å². The monoisotopic (exact) mass is 835 g/mol. The van der Waals surface area contributed by atoms with Crippen molar-refractivity contribution in [1.82, 2.24) is 0 Å². The van der Waals surface area contributed by atoms with E-state index >= 15 is 0 Å². The van der Waals surface area contributed by atoms with Gasteiger partial charge in [0.05, 0.1) is 37.6 Å². The molecule has 5 heteroatoms. The van der Waals surface area contributed by atoms with Gasteiger partial charge in [0, 0.05) is 12.3 Å². The van der Waals surface area contributed by atoms with E-state index in [-0.39, 0.29) is 0 Å². The van der Waals surface area contributed by atoms with E-state index in [1.807, 2.05) is 0 Å². The molecule has 0 radical (unpaired) electrons. The lowest BCUT2D eigenvalue weighted by molar-refractivity contribution is -0.169. The van der Waals surface area contributed by atoms with Gasteiger partial charge in [0.2, 0.25) is 0 Å². The molecule has 5 fully saturated rings. The van der Waals surface area contributed by atoms with Crippen molar-refractivity contribution in [2.75, 3.05) is 20.0 Å². The normalized spacial score (nSPS) is 31.5. The standard InChI is InChI=1S/C12H22O.C12H24.C11H22.C10H20O2.C9H18O2/c1-8(2)10-6-5-7-11(13)12(10)9(3)4;1-9(2)11-7-5-6-8-12(11)10(3)4;1-8(2)10-6-5-7-11(10)9(3)4;1-7(2)9-10(8(3)4)12-6-5-11-9;1-6(2)8-9(7(3)4)11-5-10-8/h8-10,12H,5-7H2,1-4H3;9-12H,5-8H2,1-4H3;8-11H,5-7H2,1-4H3;7-10H,5-6H2,1-4H3;6-9H,5H2,1-4H3. The van der Waals surface area contributed by atoms with E-state index in [4.69, 9.17) is 18.9 Å². The Morgan fingerprint density at radius 2 is 0.627 bits per heavy atom. The van der Waals surface area contributed by atoms with Crippen molar-refractivity contribution in [2.24, 2.45) is 94.7 Å². The summed E-state index contributed by atoms with van der Waals surface area (Å²) in [7, 11) is 0. The van der Waals surface area contributed by atoms with E-state index in [1.165, 1.54) is 51.4 Å². The molecular weight excluding hydrogens is 729 g/mol. The Morgan fingerprint density at radius 1 is 0.339 bits per heavy atom. The first-order chi connectivity index (χ1) is 27.5. The van der Waals surface area contributed by atoms with Crippen LogP contribution in [0.25, 0.3) is 0 Å². The molecule has 5 aliphatic rings. The van der Waals surface area contributed by atoms with Crippen LogP contribution in [0.3, 0.4) is 0 Å². The molecule has 0 bridgehead atoms. The molecule has 0 aromatic heterocycles. The minimum atomic E-state index is 0.291. The summed E-state index contributed by atoms with van der Waals surface area (Å²) in [6, 6.07) is 0. The maximum Gasteiger partial charge on any atom is 0.147 e. The van der Waals surface area contributed by atoms with Crippen molar-refractivity contribution in [3.8, 4) is 0 Å². The highest BCUT2D eigenvalue weighted by atomic mass is 16.7. The van der Waals surface area contributed by atoms with Gasteiger partial charge in [0.1, 0.15) is 12.6 Å². The van der Waals surface area contributed by atoms with Crippen LogP contribution in [-0.2, 0) is 23.7 Å². The number of hydrogen-bond acceptors (Lipinski definition) is 5. The predicted octanol–water partition coefficient (Wildman–Crippen LogP) is 15.2. The quantitative estimate of drug-likeness (QED) is 0.219. The molecule has 352 valence electrons. The first kappa shape index (κ1) is 56.5. The molecule has 0 amide bonds. The summed E-state index contributed by atoms with van der Waals surface area (Å²) < 4.78 is 22.3. The minimum Gasteiger partial charge on any atom is -0.373 e. The lowest BCUT2D eigenvalue weighted by Gasteiger charge is -2.37. The highest BCUT2D eigenvalue weighted by Crippen LogP contribution is 2.41. The van der Waals surface area contributed by atoms with Gasteiger partial charge in [0.15, 0.2) is 0 Å². The van der Waals surface area contributed by atoms with Gasteiger partial charge in [-0.3, -0.25) is 4.79 Å². The third-order valence-electron chi connectivity index (χ3n) is 14.8. The Morgan fingerprint density at radius 3 is 0.898 bits per heavy atom. The van der Waals surface area contributed by atoms with Crippen LogP contribution in [0.1, 0.15) is 203 Å². The first-order valence-electron chi connectivity index (χ1n) is 25.5. The van der Waals surface area contributed by atoms with Gasteiger partial charge in [-0.25, -0.2) is 0 Å². The second kappa shape index (κ2) is 29.1. The molecule has 0 spiro atoms. The molecule has 0 aromatic carbocycles. The average molecular weight is 835 g/mol. The Bertz CT molecular complexity index is 937. The smallest absolute Gasteiger partial charge is 0.147 e. The molecule has 0 aromatic rings. The molecule has 5 rings (SSSR count). The lowest BCUT2D eigenvalue weighted by Crippen LogP contribution is -2.44. The predicted molar refractivity (Wildman–Crippen MR) is 255 cm³/mol. The summed E-state index contributed by atoms with van der Waals surface area (Å²) in [4.78, 5) is 11.8. The molecule has 10 unspecified atom stereocenters. The van der Waals surface area contributed by atoms with Gasteiger partial charge in [-0.2, -0.15) is 0 Å². The van der Waals surface area contributed by atoms with E-state index in [0.717, 1.165) is 73.4 Å². The van der Waals surface area contributed by atoms with Crippen LogP contribution in [0.5, 0.6) is 0 Å². The topological polar surface area (TPSA) is 54.0 Å². The zero-order valence-corrected chi connectivity index (χ0v) is 43.3. The number of carbonyl (C=O) groups excluding carboxylic acids is 1. The molecule has 0 N–H and O–H groups in total. The molecule has 2 aliphatic heterocycles. The maximum absolute atomic E-state index is 11.8. The summed E-state index contributed by atoms with van der Waals surface area (Å²) in [5.74, 6) is 12.6. The van der Waals surface area contributed by atoms with E-state index in [1.54, 1.807) is 0 Å². The Kier molecular flexibility index (Phi) is 27.8. The summed E-state index contributed by atoms with van der Waals surface area (Å²) in [5, 5.41) is 0. The Balaban J connectivity index is 0.000000369. The van der Waals surface area contributed by atoms with E-state index in [9.17, 15) is 4.79 Å². The van der Waals surface area contributed by atoms with Gasteiger partial charge in [-0.15, -0.1) is 0 Å². The van der Waals surface area contributed by atoms with Crippen LogP contribution in [0.2, 0.25) is 0 Å². The van der Waals surface area contributed by atoms with Crippen molar-refractivity contribution in [3.05, 3.63) is 0 Å². The average Bonchev–Trinajstić information content (AvgIpc) is 3.88. The fourth-order valence-corrected chi connectivity index (χ4v) is 11.5. The molecule has 10 atom stereocenters. The van der Waals surface area contributed by atoms with Crippen LogP contribution in [0.4, 0.5) is 0 Å². The van der Waals surface area contributed by atoms with E-state index in [0.29, 0.717) is 84.3 Å². The third-order valence-corrected chi connectivity index (χ3v) is 14.8. The molecule has 59 heavy (non-hydrogen) atoms. The minimum absolute atomic E-state index is 0.291. The zero-order chi connectivity index (χ0) is 45.1. The summed E-state index contributed by atoms with van der Waals surface area (Å²) in [6.07, 6.45) is 14.8. The first-order valence-corrected chi connectivity index (χ1v) is 25.5. The SMILES string of the molecule is CC(C)C1CCCC(=O)C1C(C)C.CC(C)C1CCCC1C(C)C.CC(C)C1CCCCC1C(C)C.CC(C)C1OCCOC1C(C)C.CC(C)C1OCOC1C(C)C. The van der Waals surface area contributed by atoms with Crippen LogP contribution in [0.15, 0.2) is 0 Å². The van der Waals surface area contributed by atoms with Crippen molar-refractivity contribution < 1.29 is 23.7 Å². The molecular formula is C54H106O5. The highest BCUT2D eigenvalue weighted by Gasteiger charge is 2.36. The van der Waals surface area contributed by atoms with Crippen LogP contribution >= 0.6 is 0 Å². The van der Waals surface area contributed by atoms with Crippen LogP contribution in [-0.4, -0.2) is 50.2 Å². The Labute approximate surface area is 370 Å². The van der Waals surface area contributed by atoms with Gasteiger partial charge >= 0.3 is 0 Å². The molecule has 3 saturated carbocycles. The fraction of sp³-hybridized carbons (Fsp3) is 0.981. The molecule has 3 aliphatic carbocycles. The third kappa shape index (κ3) is 19.4. The van der Waals surface area contributed by atoms with Gasteiger partial charge < -0.3 is 18.9 Å². The maximum atomic E-state index is 11.8. The van der Waals surface area contributed by atoms with Crippen molar-refractivity contribution in [2.45, 2.75) is 227 Å². The number of ketones is 1. The summed E-state index contributed by atoms with van der Waals surface area (Å²) in [5.41, 5.74) is 0. The van der Waals surface area contributed by atoms with E-state index < -0.39 is 0 Å².